The van der Waals surface area contributed by atoms with E-state index in [1.54, 1.807) is 24.3 Å². The Morgan fingerprint density at radius 3 is 2.54 bits per heavy atom. The number of nitrogens with one attached hydrogen (secondary N) is 3. The maximum Gasteiger partial charge on any atom is 0.238 e. The van der Waals surface area contributed by atoms with Crippen LogP contribution in [0.1, 0.15) is 76.8 Å². The summed E-state index contributed by atoms with van der Waals surface area (Å²) in [5, 5.41) is 20.4. The molecule has 2 fully saturated rings. The molecule has 210 valence electrons. The summed E-state index contributed by atoms with van der Waals surface area (Å²) in [4.78, 5) is 28.2. The van der Waals surface area contributed by atoms with Gasteiger partial charge in [-0.1, -0.05) is 62.2 Å². The van der Waals surface area contributed by atoms with E-state index < -0.39 is 34.8 Å². The number of anilines is 1. The maximum absolute atomic E-state index is 15.8. The van der Waals surface area contributed by atoms with E-state index in [1.807, 2.05) is 13.0 Å². The molecule has 6 nitrogen and oxygen atoms in total. The topological polar surface area (TPSA) is 90.5 Å². The van der Waals surface area contributed by atoms with Gasteiger partial charge in [0, 0.05) is 28.7 Å². The van der Waals surface area contributed by atoms with E-state index in [0.717, 1.165) is 0 Å². The van der Waals surface area contributed by atoms with Gasteiger partial charge in [0.25, 0.3) is 0 Å². The van der Waals surface area contributed by atoms with Gasteiger partial charge in [-0.15, -0.1) is 0 Å². The molecule has 1 saturated carbocycles. The van der Waals surface area contributed by atoms with Gasteiger partial charge in [0.2, 0.25) is 11.8 Å². The van der Waals surface area contributed by atoms with Crippen molar-refractivity contribution in [2.24, 2.45) is 5.41 Å². The molecule has 1 aliphatic carbocycles. The smallest absolute Gasteiger partial charge is 0.238 e. The monoisotopic (exact) mass is 575 g/mol. The van der Waals surface area contributed by atoms with E-state index in [4.69, 9.17) is 23.2 Å². The van der Waals surface area contributed by atoms with Crippen LogP contribution in [0, 0.1) is 11.2 Å². The number of fused-ring (bicyclic) bond motifs is 2. The molecule has 0 radical (unpaired) electrons. The quantitative estimate of drug-likeness (QED) is 0.377. The Morgan fingerprint density at radius 1 is 1.18 bits per heavy atom. The number of rotatable bonds is 4. The van der Waals surface area contributed by atoms with E-state index in [0.29, 0.717) is 48.4 Å². The van der Waals surface area contributed by atoms with Crippen LogP contribution in [0.5, 0.6) is 0 Å². The first kappa shape index (κ1) is 28.3. The van der Waals surface area contributed by atoms with Gasteiger partial charge in [0.15, 0.2) is 0 Å². The van der Waals surface area contributed by atoms with Crippen molar-refractivity contribution >= 4 is 40.7 Å². The zero-order valence-electron chi connectivity index (χ0n) is 22.7. The first-order valence-corrected chi connectivity index (χ1v) is 14.3. The number of aliphatic hydroxyl groups is 1. The van der Waals surface area contributed by atoms with Crippen molar-refractivity contribution in [3.05, 3.63) is 63.4 Å². The number of benzene rings is 2. The first-order valence-electron chi connectivity index (χ1n) is 13.6. The average molecular weight is 577 g/mol. The number of amides is 2. The van der Waals surface area contributed by atoms with Gasteiger partial charge in [0.05, 0.1) is 16.7 Å². The van der Waals surface area contributed by atoms with Crippen LogP contribution in [-0.2, 0) is 15.0 Å². The highest BCUT2D eigenvalue weighted by atomic mass is 35.5. The molecule has 5 rings (SSSR count). The van der Waals surface area contributed by atoms with Gasteiger partial charge in [-0.25, -0.2) is 4.39 Å². The van der Waals surface area contributed by atoms with Crippen LogP contribution in [-0.4, -0.2) is 40.6 Å². The number of carbonyl (C=O) groups excluding carboxylic acids is 2. The summed E-state index contributed by atoms with van der Waals surface area (Å²) in [5.41, 5.74) is -0.762. The Balaban J connectivity index is 1.65. The second-order valence-electron chi connectivity index (χ2n) is 12.9. The molecule has 39 heavy (non-hydrogen) atoms. The van der Waals surface area contributed by atoms with Gasteiger partial charge < -0.3 is 21.1 Å². The summed E-state index contributed by atoms with van der Waals surface area (Å²) in [6.07, 6.45) is 2.99. The highest BCUT2D eigenvalue weighted by Gasteiger charge is 2.66. The van der Waals surface area contributed by atoms with Crippen molar-refractivity contribution in [2.45, 2.75) is 94.9 Å². The van der Waals surface area contributed by atoms with Crippen LogP contribution < -0.4 is 16.0 Å². The molecule has 0 bridgehead atoms. The molecule has 1 spiro atoms. The van der Waals surface area contributed by atoms with Crippen LogP contribution in [0.2, 0.25) is 10.0 Å². The summed E-state index contributed by atoms with van der Waals surface area (Å²) < 4.78 is 15.8. The predicted octanol–water partition coefficient (Wildman–Crippen LogP) is 5.69. The van der Waals surface area contributed by atoms with Gasteiger partial charge in [-0.05, 0) is 73.8 Å². The Labute approximate surface area is 239 Å². The zero-order valence-corrected chi connectivity index (χ0v) is 24.2. The van der Waals surface area contributed by atoms with Crippen molar-refractivity contribution < 1.29 is 19.1 Å². The lowest BCUT2D eigenvalue weighted by Crippen LogP contribution is -2.50. The maximum atomic E-state index is 15.8. The fraction of sp³-hybridized carbons (Fsp3) is 0.533. The third-order valence-corrected chi connectivity index (χ3v) is 9.16. The summed E-state index contributed by atoms with van der Waals surface area (Å²) in [7, 11) is 0. The van der Waals surface area contributed by atoms with E-state index >= 15 is 4.39 Å². The van der Waals surface area contributed by atoms with Crippen molar-refractivity contribution in [3.63, 3.8) is 0 Å². The average Bonchev–Trinajstić information content (AvgIpc) is 3.31. The van der Waals surface area contributed by atoms with Crippen molar-refractivity contribution in [2.75, 3.05) is 5.32 Å². The van der Waals surface area contributed by atoms with Crippen LogP contribution in [0.15, 0.2) is 36.4 Å². The number of hydrogen-bond acceptors (Lipinski definition) is 4. The Morgan fingerprint density at radius 2 is 1.87 bits per heavy atom. The molecule has 4 atom stereocenters. The van der Waals surface area contributed by atoms with Crippen LogP contribution in [0.3, 0.4) is 0 Å². The summed E-state index contributed by atoms with van der Waals surface area (Å²) in [6.45, 7) is 8.04. The standard InChI is InChI=1S/C30H36Cl2FN3O3/c1-28(2,3)15-22-30(19-9-8-16(31)14-21(19)35-27(30)38)23(18-6-5-7-20(32)24(18)33)25(36-22)26(37)34-17-10-12-29(4,39)13-11-17/h5-9,14,17,22-23,25,36,39H,10-13,15H2,1-4H3,(H,34,37)(H,35,38)/t17-,22-,23+,25-,29+,30+/m1/s1. The summed E-state index contributed by atoms with van der Waals surface area (Å²) in [6, 6.07) is 8.47. The minimum atomic E-state index is -1.28. The van der Waals surface area contributed by atoms with Gasteiger partial charge in [-0.3, -0.25) is 9.59 Å². The number of hydrogen-bond donors (Lipinski definition) is 4. The fourth-order valence-corrected chi connectivity index (χ4v) is 7.18. The SMILES string of the molecule is CC(C)(C)C[C@H]1N[C@@H](C(=O)N[C@H]2CC[C@@](C)(O)CC2)[C@H](c2cccc(Cl)c2F)[C@@]12C(=O)Nc1cc(Cl)ccc12. The van der Waals surface area contributed by atoms with E-state index in [2.05, 4.69) is 36.7 Å². The summed E-state index contributed by atoms with van der Waals surface area (Å²) >= 11 is 12.5. The third kappa shape index (κ3) is 5.08. The fourth-order valence-electron chi connectivity index (χ4n) is 6.83. The molecule has 0 aromatic heterocycles. The number of carbonyl (C=O) groups is 2. The van der Waals surface area contributed by atoms with Gasteiger partial charge in [-0.2, -0.15) is 0 Å². The third-order valence-electron chi connectivity index (χ3n) is 8.63. The predicted molar refractivity (Wildman–Crippen MR) is 152 cm³/mol. The molecule has 3 aliphatic rings. The van der Waals surface area contributed by atoms with E-state index in [1.165, 1.54) is 6.07 Å². The molecule has 4 N–H and O–H groups in total. The minimum Gasteiger partial charge on any atom is -0.390 e. The van der Waals surface area contributed by atoms with Gasteiger partial charge in [0.1, 0.15) is 11.2 Å². The minimum absolute atomic E-state index is 0.0645. The largest absolute Gasteiger partial charge is 0.390 e. The van der Waals surface area contributed by atoms with Crippen LogP contribution in [0.4, 0.5) is 10.1 Å². The van der Waals surface area contributed by atoms with Crippen LogP contribution >= 0.6 is 23.2 Å². The molecule has 2 heterocycles. The second-order valence-corrected chi connectivity index (χ2v) is 13.7. The molecule has 2 aromatic rings. The highest BCUT2D eigenvalue weighted by Crippen LogP contribution is 2.57. The van der Waals surface area contributed by atoms with Crippen molar-refractivity contribution in [1.29, 1.82) is 0 Å². The Kier molecular flexibility index (Phi) is 7.28. The molecule has 0 unspecified atom stereocenters. The molecule has 2 aliphatic heterocycles. The summed E-state index contributed by atoms with van der Waals surface area (Å²) in [5.74, 6) is -2.10. The van der Waals surface area contributed by atoms with E-state index in [9.17, 15) is 14.7 Å². The molecular weight excluding hydrogens is 540 g/mol. The number of halogens is 3. The Bertz CT molecular complexity index is 1300. The van der Waals surface area contributed by atoms with Crippen molar-refractivity contribution in [3.8, 4) is 0 Å². The lowest BCUT2D eigenvalue weighted by molar-refractivity contribution is -0.125. The lowest BCUT2D eigenvalue weighted by Gasteiger charge is -2.38. The first-order chi connectivity index (χ1) is 18.2. The molecule has 2 aromatic carbocycles. The lowest BCUT2D eigenvalue weighted by atomic mass is 9.62. The van der Waals surface area contributed by atoms with Crippen molar-refractivity contribution in [1.82, 2.24) is 10.6 Å². The molecule has 2 amide bonds. The highest BCUT2D eigenvalue weighted by molar-refractivity contribution is 6.31. The molecule has 1 saturated heterocycles. The Hall–Kier alpha value is -2.19. The molecule has 9 heteroatoms. The zero-order chi connectivity index (χ0) is 28.3. The molecular formula is C30H36Cl2FN3O3. The van der Waals surface area contributed by atoms with Gasteiger partial charge >= 0.3 is 0 Å². The normalized spacial score (nSPS) is 32.3. The van der Waals surface area contributed by atoms with E-state index in [-0.39, 0.29) is 33.9 Å². The van der Waals surface area contributed by atoms with Crippen LogP contribution in [0.25, 0.3) is 0 Å². The second kappa shape index (κ2) is 10.0.